The van der Waals surface area contributed by atoms with Crippen molar-refractivity contribution in [3.63, 3.8) is 0 Å². The fourth-order valence-corrected chi connectivity index (χ4v) is 4.97. The van der Waals surface area contributed by atoms with Crippen LogP contribution < -0.4 is 5.32 Å². The van der Waals surface area contributed by atoms with Crippen molar-refractivity contribution in [1.29, 1.82) is 0 Å². The molecule has 10 heteroatoms. The lowest BCUT2D eigenvalue weighted by atomic mass is 10.1. The van der Waals surface area contributed by atoms with Crippen molar-refractivity contribution >= 4 is 28.2 Å². The van der Waals surface area contributed by atoms with Crippen molar-refractivity contribution in [3.8, 4) is 11.4 Å². The summed E-state index contributed by atoms with van der Waals surface area (Å²) < 4.78 is 24.2. The number of hydrogen-bond donors (Lipinski definition) is 1. The van der Waals surface area contributed by atoms with Crippen LogP contribution in [0.15, 0.2) is 71.1 Å². The quantitative estimate of drug-likeness (QED) is 0.453. The van der Waals surface area contributed by atoms with Crippen LogP contribution in [0.5, 0.6) is 0 Å². The first-order chi connectivity index (χ1) is 17.5. The monoisotopic (exact) mass is 486 g/mol. The van der Waals surface area contributed by atoms with Crippen LogP contribution in [0, 0.1) is 0 Å². The van der Waals surface area contributed by atoms with Gasteiger partial charge in [0, 0.05) is 48.3 Å². The van der Waals surface area contributed by atoms with Gasteiger partial charge in [-0.25, -0.2) is 4.39 Å². The number of rotatable bonds is 5. The van der Waals surface area contributed by atoms with E-state index in [9.17, 15) is 4.39 Å². The number of aromatic nitrogens is 5. The SMILES string of the molecule is COC1=C(Nc2nc(-c3cn(C)c4ccccc34)n3nccc3n2)CC(=NC2CCCN2C)C(F)=C1. The maximum atomic E-state index is 14.9. The summed E-state index contributed by atoms with van der Waals surface area (Å²) >= 11 is 0. The first kappa shape index (κ1) is 22.4. The van der Waals surface area contributed by atoms with Gasteiger partial charge in [0.05, 0.1) is 24.7 Å². The molecule has 6 rings (SSSR count). The average molecular weight is 487 g/mol. The minimum absolute atomic E-state index is 0.0122. The Hall–Kier alpha value is -4.05. The van der Waals surface area contributed by atoms with Crippen LogP contribution in [-0.4, -0.2) is 61.6 Å². The van der Waals surface area contributed by atoms with Crippen molar-refractivity contribution in [2.45, 2.75) is 25.4 Å². The Morgan fingerprint density at radius 1 is 1.17 bits per heavy atom. The molecule has 1 unspecified atom stereocenters. The first-order valence-electron chi connectivity index (χ1n) is 12.0. The second kappa shape index (κ2) is 8.87. The van der Waals surface area contributed by atoms with Gasteiger partial charge in [0.15, 0.2) is 11.5 Å². The van der Waals surface area contributed by atoms with Crippen molar-refractivity contribution in [2.24, 2.45) is 12.0 Å². The molecule has 0 bridgehead atoms. The molecule has 4 aromatic rings. The van der Waals surface area contributed by atoms with Crippen molar-refractivity contribution in [3.05, 3.63) is 66.1 Å². The smallest absolute Gasteiger partial charge is 0.231 e. The van der Waals surface area contributed by atoms with Gasteiger partial charge in [-0.05, 0) is 32.5 Å². The topological polar surface area (TPSA) is 84.9 Å². The van der Waals surface area contributed by atoms with Gasteiger partial charge in [-0.3, -0.25) is 9.89 Å². The molecule has 1 saturated heterocycles. The first-order valence-corrected chi connectivity index (χ1v) is 12.0. The molecule has 0 radical (unpaired) electrons. The van der Waals surface area contributed by atoms with Gasteiger partial charge in [0.1, 0.15) is 17.8 Å². The number of benzene rings is 1. The van der Waals surface area contributed by atoms with Crippen molar-refractivity contribution in [1.82, 2.24) is 29.0 Å². The predicted octanol–water partition coefficient (Wildman–Crippen LogP) is 4.30. The number of fused-ring (bicyclic) bond motifs is 2. The number of allylic oxidation sites excluding steroid dienone is 3. The van der Waals surface area contributed by atoms with E-state index < -0.39 is 0 Å². The number of aliphatic imine (C=N–C) groups is 1. The van der Waals surface area contributed by atoms with Gasteiger partial charge in [-0.15, -0.1) is 0 Å². The normalized spacial score (nSPS) is 20.1. The van der Waals surface area contributed by atoms with E-state index in [1.54, 1.807) is 10.7 Å². The third kappa shape index (κ3) is 3.83. The fraction of sp³-hybridized carbons (Fsp3) is 0.308. The number of ether oxygens (including phenoxy) is 1. The number of methoxy groups -OCH3 is 1. The van der Waals surface area contributed by atoms with Crippen LogP contribution in [0.3, 0.4) is 0 Å². The van der Waals surface area contributed by atoms with E-state index in [4.69, 9.17) is 14.7 Å². The summed E-state index contributed by atoms with van der Waals surface area (Å²) in [5.74, 6) is 1.06. The molecule has 184 valence electrons. The maximum Gasteiger partial charge on any atom is 0.231 e. The lowest BCUT2D eigenvalue weighted by molar-refractivity contribution is 0.299. The molecule has 0 spiro atoms. The second-order valence-corrected chi connectivity index (χ2v) is 9.16. The molecule has 1 fully saturated rings. The van der Waals surface area contributed by atoms with Crippen molar-refractivity contribution in [2.75, 3.05) is 26.0 Å². The fourth-order valence-electron chi connectivity index (χ4n) is 4.97. The molecule has 1 N–H and O–H groups in total. The molecular formula is C26H27FN8O. The molecule has 9 nitrogen and oxygen atoms in total. The Balaban J connectivity index is 1.40. The van der Waals surface area contributed by atoms with Crippen LogP contribution in [0.4, 0.5) is 10.3 Å². The predicted molar refractivity (Wildman–Crippen MR) is 137 cm³/mol. The molecule has 1 atom stereocenters. The van der Waals surface area contributed by atoms with E-state index in [1.807, 2.05) is 38.5 Å². The molecule has 4 heterocycles. The summed E-state index contributed by atoms with van der Waals surface area (Å²) in [5.41, 5.74) is 3.74. The number of para-hydroxylation sites is 1. The van der Waals surface area contributed by atoms with E-state index in [0.29, 0.717) is 34.6 Å². The molecule has 2 aliphatic rings. The lowest BCUT2D eigenvalue weighted by Gasteiger charge is -2.21. The van der Waals surface area contributed by atoms with Gasteiger partial charge < -0.3 is 14.6 Å². The Kier molecular flexibility index (Phi) is 5.52. The molecule has 1 aliphatic carbocycles. The van der Waals surface area contributed by atoms with E-state index in [2.05, 4.69) is 37.0 Å². The van der Waals surface area contributed by atoms with Gasteiger partial charge in [0.2, 0.25) is 5.95 Å². The Morgan fingerprint density at radius 3 is 2.83 bits per heavy atom. The largest absolute Gasteiger partial charge is 0.495 e. The van der Waals surface area contributed by atoms with E-state index >= 15 is 0 Å². The standard InChI is InChI=1S/C26H27FN8O/c1-33-12-6-9-23(33)29-19-14-20(22(36-3)13-18(19)27)30-26-31-24-10-11-28-35(24)25(32-26)17-15-34(2)21-8-5-4-7-16(17)21/h4-5,7-8,10-11,13,15,23H,6,9,12,14H2,1-3H3,(H,30,31). The van der Waals surface area contributed by atoms with Gasteiger partial charge in [-0.2, -0.15) is 19.6 Å². The zero-order chi connectivity index (χ0) is 24.8. The number of anilines is 1. The van der Waals surface area contributed by atoms with Crippen LogP contribution in [-0.2, 0) is 11.8 Å². The zero-order valence-electron chi connectivity index (χ0n) is 20.4. The lowest BCUT2D eigenvalue weighted by Crippen LogP contribution is -2.25. The number of likely N-dealkylation sites (tertiary alicyclic amines) is 1. The Labute approximate surface area is 207 Å². The minimum Gasteiger partial charge on any atom is -0.495 e. The van der Waals surface area contributed by atoms with Crippen LogP contribution in [0.2, 0.25) is 0 Å². The Morgan fingerprint density at radius 2 is 2.03 bits per heavy atom. The number of nitrogens with zero attached hydrogens (tertiary/aromatic N) is 7. The van der Waals surface area contributed by atoms with Crippen LogP contribution in [0.1, 0.15) is 19.3 Å². The zero-order valence-corrected chi connectivity index (χ0v) is 20.4. The van der Waals surface area contributed by atoms with E-state index in [1.165, 1.54) is 13.2 Å². The second-order valence-electron chi connectivity index (χ2n) is 9.16. The highest BCUT2D eigenvalue weighted by Crippen LogP contribution is 2.31. The van der Waals surface area contributed by atoms with E-state index in [0.717, 1.165) is 35.9 Å². The van der Waals surface area contributed by atoms with Crippen LogP contribution >= 0.6 is 0 Å². The van der Waals surface area contributed by atoms with Gasteiger partial charge >= 0.3 is 0 Å². The summed E-state index contributed by atoms with van der Waals surface area (Å²) in [6.07, 6.45) is 7.34. The molecule has 1 aliphatic heterocycles. The molecule has 1 aromatic carbocycles. The summed E-state index contributed by atoms with van der Waals surface area (Å²) in [6, 6.07) is 9.99. The molecule has 36 heavy (non-hydrogen) atoms. The Bertz CT molecular complexity index is 1560. The highest BCUT2D eigenvalue weighted by Gasteiger charge is 2.26. The summed E-state index contributed by atoms with van der Waals surface area (Å²) in [7, 11) is 5.55. The number of halogens is 1. The highest BCUT2D eigenvalue weighted by atomic mass is 19.1. The van der Waals surface area contributed by atoms with Gasteiger partial charge in [-0.1, -0.05) is 18.2 Å². The molecular weight excluding hydrogens is 459 g/mol. The van der Waals surface area contributed by atoms with E-state index in [-0.39, 0.29) is 18.4 Å². The van der Waals surface area contributed by atoms with Gasteiger partial charge in [0.25, 0.3) is 0 Å². The summed E-state index contributed by atoms with van der Waals surface area (Å²) in [6.45, 7) is 0.965. The number of hydrogen-bond acceptors (Lipinski definition) is 7. The summed E-state index contributed by atoms with van der Waals surface area (Å²) in [5, 5.41) is 8.81. The third-order valence-corrected chi connectivity index (χ3v) is 6.84. The molecule has 0 saturated carbocycles. The summed E-state index contributed by atoms with van der Waals surface area (Å²) in [4.78, 5) is 16.4. The molecule has 0 amide bonds. The number of aryl methyl sites for hydroxylation is 1. The van der Waals surface area contributed by atoms with Crippen molar-refractivity contribution < 1.29 is 9.13 Å². The van der Waals surface area contributed by atoms with Crippen LogP contribution in [0.25, 0.3) is 27.9 Å². The average Bonchev–Trinajstić information content (AvgIpc) is 3.60. The third-order valence-electron chi connectivity index (χ3n) is 6.84. The highest BCUT2D eigenvalue weighted by molar-refractivity contribution is 6.02. The number of nitrogens with one attached hydrogen (secondary N) is 1. The molecule has 3 aromatic heterocycles. The minimum atomic E-state index is -0.374. The maximum absolute atomic E-state index is 14.9.